The molecule has 108 valence electrons. The summed E-state index contributed by atoms with van der Waals surface area (Å²) in [5.74, 6) is 6.14. The Bertz CT molecular complexity index is 321. The largest absolute Gasteiger partial charge is 0.353 e. The number of nitrogens with two attached hydrogens (primary N) is 1. The minimum absolute atomic E-state index is 0.0836. The quantitative estimate of drug-likeness (QED) is 0.251. The molecule has 6 heteroatoms. The summed E-state index contributed by atoms with van der Waals surface area (Å²) in [6.07, 6.45) is 8.85. The van der Waals surface area contributed by atoms with Crippen molar-refractivity contribution in [1.29, 1.82) is 0 Å². The van der Waals surface area contributed by atoms with Gasteiger partial charge < -0.3 is 10.6 Å². The molecule has 0 aromatic heterocycles. The normalized spacial score (nSPS) is 21.0. The van der Waals surface area contributed by atoms with Crippen LogP contribution in [0.5, 0.6) is 0 Å². The zero-order valence-electron chi connectivity index (χ0n) is 11.5. The van der Waals surface area contributed by atoms with Crippen molar-refractivity contribution < 1.29 is 4.79 Å². The molecule has 19 heavy (non-hydrogen) atoms. The number of nitrogens with one attached hydrogen (secondary N) is 3. The molecule has 0 aliphatic heterocycles. The van der Waals surface area contributed by atoms with Gasteiger partial charge in [-0.15, -0.1) is 0 Å². The average molecular weight is 267 g/mol. The van der Waals surface area contributed by atoms with Gasteiger partial charge in [0, 0.05) is 18.5 Å². The molecule has 6 nitrogen and oxygen atoms in total. The highest BCUT2D eigenvalue weighted by atomic mass is 16.1. The van der Waals surface area contributed by atoms with E-state index in [1.54, 1.807) is 0 Å². The molecule has 2 rings (SSSR count). The van der Waals surface area contributed by atoms with Crippen molar-refractivity contribution in [1.82, 2.24) is 16.1 Å². The predicted molar refractivity (Wildman–Crippen MR) is 75.4 cm³/mol. The third-order valence-corrected chi connectivity index (χ3v) is 3.63. The van der Waals surface area contributed by atoms with E-state index < -0.39 is 0 Å². The van der Waals surface area contributed by atoms with E-state index in [1.165, 1.54) is 32.1 Å². The Morgan fingerprint density at radius 1 is 1.05 bits per heavy atom. The third kappa shape index (κ3) is 5.46. The van der Waals surface area contributed by atoms with Gasteiger partial charge in [-0.25, -0.2) is 5.84 Å². The Hall–Kier alpha value is -1.30. The Labute approximate surface area is 114 Å². The van der Waals surface area contributed by atoms with E-state index in [1.807, 2.05) is 0 Å². The van der Waals surface area contributed by atoms with Gasteiger partial charge in [0.2, 0.25) is 11.9 Å². The van der Waals surface area contributed by atoms with Crippen LogP contribution in [-0.2, 0) is 4.79 Å². The average Bonchev–Trinajstić information content (AvgIpc) is 3.22. The van der Waals surface area contributed by atoms with E-state index in [0.29, 0.717) is 31.0 Å². The molecule has 0 unspecified atom stereocenters. The van der Waals surface area contributed by atoms with Crippen LogP contribution in [0.25, 0.3) is 0 Å². The van der Waals surface area contributed by atoms with Crippen molar-refractivity contribution in [3.8, 4) is 0 Å². The number of hydrogen-bond acceptors (Lipinski definition) is 3. The minimum atomic E-state index is 0.0836. The molecule has 0 aromatic rings. The summed E-state index contributed by atoms with van der Waals surface area (Å²) in [7, 11) is 0. The molecule has 1 amide bonds. The lowest BCUT2D eigenvalue weighted by molar-refractivity contribution is -0.121. The maximum Gasteiger partial charge on any atom is 0.222 e. The van der Waals surface area contributed by atoms with Gasteiger partial charge in [-0.1, -0.05) is 19.3 Å². The molecule has 2 aliphatic carbocycles. The molecular formula is C13H25N5O. The maximum atomic E-state index is 11.5. The Morgan fingerprint density at radius 2 is 1.74 bits per heavy atom. The number of hydrazine groups is 1. The fraction of sp³-hybridized carbons (Fsp3) is 0.846. The van der Waals surface area contributed by atoms with E-state index in [9.17, 15) is 4.79 Å². The number of hydrogen-bond donors (Lipinski definition) is 4. The number of nitrogens with zero attached hydrogens (tertiary/aromatic N) is 1. The Balaban J connectivity index is 1.66. The van der Waals surface area contributed by atoms with E-state index >= 15 is 0 Å². The SMILES string of the molecule is NNC(=NCCC(=O)NC1CC1)NC1CCCCC1. The van der Waals surface area contributed by atoms with Gasteiger partial charge in [-0.3, -0.25) is 15.2 Å². The fourth-order valence-corrected chi connectivity index (χ4v) is 2.37. The minimum Gasteiger partial charge on any atom is -0.353 e. The monoisotopic (exact) mass is 267 g/mol. The highest BCUT2D eigenvalue weighted by Crippen LogP contribution is 2.18. The lowest BCUT2D eigenvalue weighted by Gasteiger charge is -2.24. The van der Waals surface area contributed by atoms with Crippen molar-refractivity contribution in [3.63, 3.8) is 0 Å². The summed E-state index contributed by atoms with van der Waals surface area (Å²) < 4.78 is 0. The van der Waals surface area contributed by atoms with Gasteiger partial charge in [-0.2, -0.15) is 0 Å². The van der Waals surface area contributed by atoms with Crippen LogP contribution >= 0.6 is 0 Å². The molecule has 0 atom stereocenters. The second kappa shape index (κ2) is 7.33. The number of aliphatic imine (C=N–C) groups is 1. The van der Waals surface area contributed by atoms with Gasteiger partial charge in [0.05, 0.1) is 6.54 Å². The van der Waals surface area contributed by atoms with Crippen LogP contribution in [0.3, 0.4) is 0 Å². The number of rotatable bonds is 5. The van der Waals surface area contributed by atoms with E-state index in [4.69, 9.17) is 5.84 Å². The molecule has 0 radical (unpaired) electrons. The van der Waals surface area contributed by atoms with Gasteiger partial charge in [0.1, 0.15) is 0 Å². The molecule has 2 saturated carbocycles. The van der Waals surface area contributed by atoms with Crippen LogP contribution in [0.4, 0.5) is 0 Å². The second-order valence-corrected chi connectivity index (χ2v) is 5.45. The van der Waals surface area contributed by atoms with Crippen LogP contribution in [0.2, 0.25) is 0 Å². The lowest BCUT2D eigenvalue weighted by atomic mass is 9.96. The summed E-state index contributed by atoms with van der Waals surface area (Å²) in [6, 6.07) is 0.882. The first-order valence-corrected chi connectivity index (χ1v) is 7.35. The van der Waals surface area contributed by atoms with E-state index in [-0.39, 0.29) is 5.91 Å². The van der Waals surface area contributed by atoms with Crippen LogP contribution in [0.1, 0.15) is 51.4 Å². The molecule has 2 aliphatic rings. The fourth-order valence-electron chi connectivity index (χ4n) is 2.37. The molecule has 0 spiro atoms. The second-order valence-electron chi connectivity index (χ2n) is 5.45. The van der Waals surface area contributed by atoms with Gasteiger partial charge in [0.15, 0.2) is 0 Å². The van der Waals surface area contributed by atoms with Gasteiger partial charge >= 0.3 is 0 Å². The molecule has 2 fully saturated rings. The first kappa shape index (κ1) is 14.1. The molecule has 0 heterocycles. The maximum absolute atomic E-state index is 11.5. The van der Waals surface area contributed by atoms with Gasteiger partial charge in [-0.05, 0) is 25.7 Å². The Kier molecular flexibility index (Phi) is 5.44. The van der Waals surface area contributed by atoms with Crippen molar-refractivity contribution in [2.45, 2.75) is 63.5 Å². The van der Waals surface area contributed by atoms with E-state index in [0.717, 1.165) is 12.8 Å². The topological polar surface area (TPSA) is 91.5 Å². The van der Waals surface area contributed by atoms with Crippen LogP contribution in [-0.4, -0.2) is 30.5 Å². The van der Waals surface area contributed by atoms with Crippen molar-refractivity contribution >= 4 is 11.9 Å². The molecule has 0 aromatic carbocycles. The van der Waals surface area contributed by atoms with Gasteiger partial charge in [0.25, 0.3) is 0 Å². The summed E-state index contributed by atoms with van der Waals surface area (Å²) in [5, 5.41) is 6.26. The lowest BCUT2D eigenvalue weighted by Crippen LogP contribution is -2.47. The van der Waals surface area contributed by atoms with Crippen LogP contribution in [0.15, 0.2) is 4.99 Å². The van der Waals surface area contributed by atoms with Crippen LogP contribution in [0, 0.1) is 0 Å². The van der Waals surface area contributed by atoms with Crippen molar-refractivity contribution in [3.05, 3.63) is 0 Å². The molecule has 0 saturated heterocycles. The van der Waals surface area contributed by atoms with E-state index in [2.05, 4.69) is 21.1 Å². The highest BCUT2D eigenvalue weighted by molar-refractivity contribution is 5.80. The zero-order valence-corrected chi connectivity index (χ0v) is 11.5. The number of amides is 1. The summed E-state index contributed by atoms with van der Waals surface area (Å²) in [6.45, 7) is 0.470. The number of guanidine groups is 1. The number of carbonyl (C=O) groups excluding carboxylic acids is 1. The first-order chi connectivity index (χ1) is 9.28. The van der Waals surface area contributed by atoms with Crippen molar-refractivity contribution in [2.75, 3.05) is 6.54 Å². The van der Waals surface area contributed by atoms with Crippen LogP contribution < -0.4 is 21.9 Å². The number of carbonyl (C=O) groups is 1. The zero-order chi connectivity index (χ0) is 13.5. The Morgan fingerprint density at radius 3 is 2.37 bits per heavy atom. The third-order valence-electron chi connectivity index (χ3n) is 3.63. The summed E-state index contributed by atoms with van der Waals surface area (Å²) in [5.41, 5.74) is 2.58. The summed E-state index contributed by atoms with van der Waals surface area (Å²) in [4.78, 5) is 15.8. The summed E-state index contributed by atoms with van der Waals surface area (Å²) >= 11 is 0. The molecular weight excluding hydrogens is 242 g/mol. The van der Waals surface area contributed by atoms with Crippen molar-refractivity contribution in [2.24, 2.45) is 10.8 Å². The molecule has 5 N–H and O–H groups in total. The standard InChI is InChI=1S/C13H25N5O/c14-18-13(17-10-4-2-1-3-5-10)15-9-8-12(19)16-11-6-7-11/h10-11H,1-9,14H2,(H,16,19)(H2,15,17,18). The first-order valence-electron chi connectivity index (χ1n) is 7.35. The highest BCUT2D eigenvalue weighted by Gasteiger charge is 2.22. The smallest absolute Gasteiger partial charge is 0.222 e. The predicted octanol–water partition coefficient (Wildman–Crippen LogP) is 0.397. The molecule has 0 bridgehead atoms.